The fraction of sp³-hybridized carbons (Fsp3) is 0.190. The first-order valence-corrected chi connectivity index (χ1v) is 9.72. The molecule has 0 saturated carbocycles. The summed E-state index contributed by atoms with van der Waals surface area (Å²) in [5, 5.41) is 13.9. The van der Waals surface area contributed by atoms with Crippen molar-refractivity contribution in [1.82, 2.24) is 10.2 Å². The molecule has 144 valence electrons. The highest BCUT2D eigenvalue weighted by molar-refractivity contribution is 7.12. The fourth-order valence-electron chi connectivity index (χ4n) is 2.91. The third-order valence-corrected chi connectivity index (χ3v) is 5.21. The lowest BCUT2D eigenvalue weighted by Crippen LogP contribution is -2.30. The molecule has 0 fully saturated rings. The first-order chi connectivity index (χ1) is 13.5. The predicted octanol–water partition coefficient (Wildman–Crippen LogP) is 3.09. The Hall–Kier alpha value is -3.19. The first kappa shape index (κ1) is 19.6. The van der Waals surface area contributed by atoms with Crippen LogP contribution in [0.1, 0.15) is 32.0 Å². The standard InChI is InChI=1S/C21H20N2O4S/c24-18(19-8-4-12-28-19)14-23-11-3-6-16(13-23)20(25)22-10-9-15-5-1-2-7-17(15)21(26)27/h1-5,7-8,11-13H,6,9-10,14H2,(H,22,25)(H,26,27). The van der Waals surface area contributed by atoms with E-state index in [4.69, 9.17) is 0 Å². The number of amides is 1. The molecule has 1 aliphatic rings. The maximum absolute atomic E-state index is 12.4. The Morgan fingerprint density at radius 1 is 1.14 bits per heavy atom. The van der Waals surface area contributed by atoms with Crippen molar-refractivity contribution in [2.24, 2.45) is 0 Å². The molecule has 28 heavy (non-hydrogen) atoms. The fourth-order valence-corrected chi connectivity index (χ4v) is 3.57. The highest BCUT2D eigenvalue weighted by Gasteiger charge is 2.16. The first-order valence-electron chi connectivity index (χ1n) is 8.84. The van der Waals surface area contributed by atoms with E-state index in [1.54, 1.807) is 47.6 Å². The number of carboxylic acids is 1. The molecule has 0 spiro atoms. The van der Waals surface area contributed by atoms with Crippen LogP contribution in [0, 0.1) is 0 Å². The zero-order valence-corrected chi connectivity index (χ0v) is 15.9. The van der Waals surface area contributed by atoms with Crippen LogP contribution in [-0.4, -0.2) is 40.8 Å². The molecule has 0 radical (unpaired) electrons. The molecule has 0 aliphatic carbocycles. The number of carbonyl (C=O) groups excluding carboxylic acids is 2. The van der Waals surface area contributed by atoms with Crippen molar-refractivity contribution in [3.05, 3.63) is 81.8 Å². The van der Waals surface area contributed by atoms with Crippen LogP contribution in [0.3, 0.4) is 0 Å². The van der Waals surface area contributed by atoms with Gasteiger partial charge in [0.05, 0.1) is 17.0 Å². The molecule has 7 heteroatoms. The zero-order valence-electron chi connectivity index (χ0n) is 15.1. The number of nitrogens with one attached hydrogen (secondary N) is 1. The number of ketones is 1. The van der Waals surface area contributed by atoms with Crippen molar-refractivity contribution >= 4 is 29.0 Å². The smallest absolute Gasteiger partial charge is 0.335 e. The Labute approximate surface area is 166 Å². The van der Waals surface area contributed by atoms with E-state index in [0.29, 0.717) is 35.4 Å². The van der Waals surface area contributed by atoms with Gasteiger partial charge in [0.15, 0.2) is 5.78 Å². The molecule has 1 aromatic carbocycles. The summed E-state index contributed by atoms with van der Waals surface area (Å²) in [5.74, 6) is -1.19. The molecule has 2 aromatic rings. The van der Waals surface area contributed by atoms with Gasteiger partial charge in [-0.2, -0.15) is 0 Å². The van der Waals surface area contributed by atoms with Crippen LogP contribution in [0.5, 0.6) is 0 Å². The van der Waals surface area contributed by atoms with Gasteiger partial charge in [-0.25, -0.2) is 4.79 Å². The summed E-state index contributed by atoms with van der Waals surface area (Å²) in [6.45, 7) is 0.512. The van der Waals surface area contributed by atoms with E-state index < -0.39 is 5.97 Å². The highest BCUT2D eigenvalue weighted by atomic mass is 32.1. The normalized spacial score (nSPS) is 13.1. The second-order valence-corrected chi connectivity index (χ2v) is 7.23. The maximum Gasteiger partial charge on any atom is 0.335 e. The number of allylic oxidation sites excluding steroid dienone is 1. The molecule has 2 N–H and O–H groups in total. The van der Waals surface area contributed by atoms with Gasteiger partial charge in [0, 0.05) is 24.5 Å². The summed E-state index contributed by atoms with van der Waals surface area (Å²) < 4.78 is 0. The second kappa shape index (κ2) is 9.14. The minimum atomic E-state index is -0.979. The number of benzene rings is 1. The van der Waals surface area contributed by atoms with Gasteiger partial charge in [0.2, 0.25) is 5.91 Å². The molecular weight excluding hydrogens is 376 g/mol. The number of Topliss-reactive ketones (excluding diaryl/α,β-unsaturated/α-hetero) is 1. The van der Waals surface area contributed by atoms with Crippen molar-refractivity contribution in [1.29, 1.82) is 0 Å². The topological polar surface area (TPSA) is 86.7 Å². The summed E-state index contributed by atoms with van der Waals surface area (Å²) in [5.41, 5.74) is 1.49. The molecule has 0 atom stereocenters. The average Bonchev–Trinajstić information content (AvgIpc) is 3.23. The van der Waals surface area contributed by atoms with Crippen molar-refractivity contribution in [3.8, 4) is 0 Å². The largest absolute Gasteiger partial charge is 0.478 e. The SMILES string of the molecule is O=C(NCCc1ccccc1C(=O)O)C1=CN(CC(=O)c2cccs2)C=CC1. The lowest BCUT2D eigenvalue weighted by atomic mass is 10.0. The van der Waals surface area contributed by atoms with Gasteiger partial charge in [-0.3, -0.25) is 9.59 Å². The minimum absolute atomic E-state index is 0.00263. The van der Waals surface area contributed by atoms with Gasteiger partial charge in [0.25, 0.3) is 0 Å². The van der Waals surface area contributed by atoms with Gasteiger partial charge >= 0.3 is 5.97 Å². The van der Waals surface area contributed by atoms with Crippen LogP contribution >= 0.6 is 11.3 Å². The van der Waals surface area contributed by atoms with E-state index in [1.807, 2.05) is 17.5 Å². The maximum atomic E-state index is 12.4. The molecule has 1 aromatic heterocycles. The molecule has 1 amide bonds. The van der Waals surface area contributed by atoms with E-state index >= 15 is 0 Å². The predicted molar refractivity (Wildman–Crippen MR) is 107 cm³/mol. The lowest BCUT2D eigenvalue weighted by molar-refractivity contribution is -0.117. The Bertz CT molecular complexity index is 932. The summed E-state index contributed by atoms with van der Waals surface area (Å²) in [6.07, 6.45) is 6.24. The van der Waals surface area contributed by atoms with Crippen LogP contribution in [0.25, 0.3) is 0 Å². The van der Waals surface area contributed by atoms with Gasteiger partial charge in [-0.05, 0) is 35.9 Å². The number of hydrogen-bond acceptors (Lipinski definition) is 5. The van der Waals surface area contributed by atoms with Crippen LogP contribution in [-0.2, 0) is 11.2 Å². The van der Waals surface area contributed by atoms with Crippen molar-refractivity contribution in [2.75, 3.05) is 13.1 Å². The summed E-state index contributed by atoms with van der Waals surface area (Å²) >= 11 is 1.40. The van der Waals surface area contributed by atoms with Gasteiger partial charge in [-0.1, -0.05) is 30.3 Å². The second-order valence-electron chi connectivity index (χ2n) is 6.28. The molecule has 2 heterocycles. The molecule has 1 aliphatic heterocycles. The Morgan fingerprint density at radius 3 is 2.71 bits per heavy atom. The molecule has 3 rings (SSSR count). The molecule has 0 saturated heterocycles. The van der Waals surface area contributed by atoms with Crippen LogP contribution in [0.15, 0.2) is 65.8 Å². The highest BCUT2D eigenvalue weighted by Crippen LogP contribution is 2.15. The lowest BCUT2D eigenvalue weighted by Gasteiger charge is -2.20. The van der Waals surface area contributed by atoms with E-state index in [1.165, 1.54) is 11.3 Å². The molecule has 6 nitrogen and oxygen atoms in total. The van der Waals surface area contributed by atoms with Crippen molar-refractivity contribution in [3.63, 3.8) is 0 Å². The third-order valence-electron chi connectivity index (χ3n) is 4.30. The Morgan fingerprint density at radius 2 is 1.96 bits per heavy atom. The molecular formula is C21H20N2O4S. The third kappa shape index (κ3) is 4.95. The van der Waals surface area contributed by atoms with E-state index in [0.717, 1.165) is 0 Å². The zero-order chi connectivity index (χ0) is 19.9. The van der Waals surface area contributed by atoms with E-state index in [-0.39, 0.29) is 23.8 Å². The minimum Gasteiger partial charge on any atom is -0.478 e. The Kier molecular flexibility index (Phi) is 6.39. The number of hydrogen-bond donors (Lipinski definition) is 2. The number of thiophene rings is 1. The van der Waals surface area contributed by atoms with Crippen LogP contribution < -0.4 is 5.32 Å². The molecule has 0 bridgehead atoms. The monoisotopic (exact) mass is 396 g/mol. The number of carbonyl (C=O) groups is 3. The number of aromatic carboxylic acids is 1. The van der Waals surface area contributed by atoms with Crippen LogP contribution in [0.4, 0.5) is 0 Å². The van der Waals surface area contributed by atoms with Gasteiger partial charge < -0.3 is 15.3 Å². The Balaban J connectivity index is 1.55. The quantitative estimate of drug-likeness (QED) is 0.670. The summed E-state index contributed by atoms with van der Waals surface area (Å²) in [6, 6.07) is 10.4. The number of nitrogens with zero attached hydrogens (tertiary/aromatic N) is 1. The number of rotatable bonds is 8. The number of carboxylic acid groups (broad SMARTS) is 1. The van der Waals surface area contributed by atoms with E-state index in [2.05, 4.69) is 5.32 Å². The summed E-state index contributed by atoms with van der Waals surface area (Å²) in [7, 11) is 0. The van der Waals surface area contributed by atoms with Crippen molar-refractivity contribution in [2.45, 2.75) is 12.8 Å². The van der Waals surface area contributed by atoms with Gasteiger partial charge in [0.1, 0.15) is 0 Å². The summed E-state index contributed by atoms with van der Waals surface area (Å²) in [4.78, 5) is 38.3. The van der Waals surface area contributed by atoms with E-state index in [9.17, 15) is 19.5 Å². The van der Waals surface area contributed by atoms with Crippen LogP contribution in [0.2, 0.25) is 0 Å². The average molecular weight is 396 g/mol. The van der Waals surface area contributed by atoms with Gasteiger partial charge in [-0.15, -0.1) is 11.3 Å². The molecule has 0 unspecified atom stereocenters. The van der Waals surface area contributed by atoms with Crippen molar-refractivity contribution < 1.29 is 19.5 Å².